The summed E-state index contributed by atoms with van der Waals surface area (Å²) in [6.07, 6.45) is 0.991. The third-order valence-corrected chi connectivity index (χ3v) is 6.75. The summed E-state index contributed by atoms with van der Waals surface area (Å²) in [7, 11) is -3.78. The van der Waals surface area contributed by atoms with E-state index in [2.05, 4.69) is 4.98 Å². The second-order valence-corrected chi connectivity index (χ2v) is 10.2. The van der Waals surface area contributed by atoms with Crippen molar-refractivity contribution in [2.24, 2.45) is 4.99 Å². The molecule has 0 spiro atoms. The van der Waals surface area contributed by atoms with Crippen molar-refractivity contribution in [3.8, 4) is 5.88 Å². The minimum atomic E-state index is -3.78. The molecule has 12 heteroatoms. The fourth-order valence-corrected chi connectivity index (χ4v) is 4.77. The van der Waals surface area contributed by atoms with E-state index in [4.69, 9.17) is 9.73 Å². The highest BCUT2D eigenvalue weighted by Crippen LogP contribution is 2.34. The smallest absolute Gasteiger partial charge is 0.326 e. The quantitative estimate of drug-likeness (QED) is 0.140. The van der Waals surface area contributed by atoms with Crippen molar-refractivity contribution in [3.05, 3.63) is 94.0 Å². The van der Waals surface area contributed by atoms with Gasteiger partial charge < -0.3 is 14.8 Å². The number of benzene rings is 3. The number of hydrogen-bond donors (Lipinski definition) is 2. The molecule has 4 rings (SSSR count). The number of rotatable bonds is 9. The van der Waals surface area contributed by atoms with Crippen LogP contribution >= 0.6 is 0 Å². The van der Waals surface area contributed by atoms with Gasteiger partial charge in [0.15, 0.2) is 5.88 Å². The third kappa shape index (κ3) is 5.65. The number of nitrogens with one attached hydrogen (secondary N) is 1. The number of nitrogens with zero attached hydrogens (tertiary/aromatic N) is 3. The number of non-ortho nitro benzene ring substituents is 1. The Balaban J connectivity index is 1.82. The maximum atomic E-state index is 12.3. The first-order chi connectivity index (χ1) is 18.1. The number of ether oxygens (including phenoxy) is 1. The number of fused-ring (bicyclic) bond motifs is 1. The van der Waals surface area contributed by atoms with E-state index in [0.717, 1.165) is 10.6 Å². The van der Waals surface area contributed by atoms with Crippen LogP contribution in [-0.4, -0.2) is 54.5 Å². The first-order valence-corrected chi connectivity index (χ1v) is 13.3. The van der Waals surface area contributed by atoms with Crippen LogP contribution in [0.25, 0.3) is 10.9 Å². The summed E-state index contributed by atoms with van der Waals surface area (Å²) < 4.78 is 30.5. The summed E-state index contributed by atoms with van der Waals surface area (Å²) in [5.41, 5.74) is 2.26. The molecule has 38 heavy (non-hydrogen) atoms. The molecule has 0 aliphatic rings. The largest absolute Gasteiger partial charge is 0.494 e. The summed E-state index contributed by atoms with van der Waals surface area (Å²) in [6.45, 7) is 1.27. The van der Waals surface area contributed by atoms with Crippen LogP contribution in [0.5, 0.6) is 5.88 Å². The van der Waals surface area contributed by atoms with E-state index in [1.807, 2.05) is 6.07 Å². The molecule has 0 amide bonds. The number of H-pyrrole nitrogens is 1. The van der Waals surface area contributed by atoms with Gasteiger partial charge in [-0.1, -0.05) is 30.3 Å². The molecule has 0 unspecified atom stereocenters. The molecule has 0 atom stereocenters. The normalized spacial score (nSPS) is 11.9. The van der Waals surface area contributed by atoms with E-state index in [0.29, 0.717) is 27.9 Å². The molecule has 196 valence electrons. The highest BCUT2D eigenvalue weighted by Gasteiger charge is 2.23. The van der Waals surface area contributed by atoms with Gasteiger partial charge in [-0.15, -0.1) is 0 Å². The predicted octanol–water partition coefficient (Wildman–Crippen LogP) is 4.28. The van der Waals surface area contributed by atoms with Crippen molar-refractivity contribution in [2.45, 2.75) is 6.92 Å². The number of esters is 1. The van der Waals surface area contributed by atoms with Gasteiger partial charge in [-0.2, -0.15) is 0 Å². The van der Waals surface area contributed by atoms with E-state index in [-0.39, 0.29) is 29.4 Å². The van der Waals surface area contributed by atoms with Crippen LogP contribution in [0.1, 0.15) is 18.1 Å². The fourth-order valence-electron chi connectivity index (χ4n) is 3.93. The maximum Gasteiger partial charge on any atom is 0.326 e. The van der Waals surface area contributed by atoms with Gasteiger partial charge in [0.1, 0.15) is 6.54 Å². The summed E-state index contributed by atoms with van der Waals surface area (Å²) in [4.78, 5) is 30.4. The fraction of sp³-hybridized carbons (Fsp3) is 0.154. The highest BCUT2D eigenvalue weighted by atomic mass is 32.2. The Bertz CT molecular complexity index is 1630. The molecule has 1 heterocycles. The number of aromatic nitrogens is 1. The first-order valence-electron chi connectivity index (χ1n) is 11.5. The molecule has 0 fully saturated rings. The molecular weight excluding hydrogens is 512 g/mol. The Morgan fingerprint density at radius 1 is 1.11 bits per heavy atom. The van der Waals surface area contributed by atoms with Crippen LogP contribution in [0.3, 0.4) is 0 Å². The second kappa shape index (κ2) is 10.7. The van der Waals surface area contributed by atoms with E-state index in [1.165, 1.54) is 30.3 Å². The lowest BCUT2D eigenvalue weighted by molar-refractivity contribution is -0.384. The van der Waals surface area contributed by atoms with Crippen LogP contribution in [0.4, 0.5) is 17.1 Å². The van der Waals surface area contributed by atoms with Crippen molar-refractivity contribution in [2.75, 3.05) is 23.7 Å². The maximum absolute atomic E-state index is 12.3. The van der Waals surface area contributed by atoms with E-state index in [9.17, 15) is 28.4 Å². The Hall–Kier alpha value is -4.71. The van der Waals surface area contributed by atoms with Crippen LogP contribution in [0.2, 0.25) is 0 Å². The van der Waals surface area contributed by atoms with Crippen molar-refractivity contribution < 1.29 is 28.0 Å². The summed E-state index contributed by atoms with van der Waals surface area (Å²) in [6, 6.07) is 19.3. The van der Waals surface area contributed by atoms with Crippen molar-refractivity contribution in [1.82, 2.24) is 4.98 Å². The van der Waals surface area contributed by atoms with Crippen molar-refractivity contribution in [3.63, 3.8) is 0 Å². The summed E-state index contributed by atoms with van der Waals surface area (Å²) >= 11 is 0. The number of anilines is 1. The zero-order valence-corrected chi connectivity index (χ0v) is 21.3. The summed E-state index contributed by atoms with van der Waals surface area (Å²) in [5.74, 6) is -0.896. The van der Waals surface area contributed by atoms with Gasteiger partial charge in [0.05, 0.1) is 40.4 Å². The van der Waals surface area contributed by atoms with E-state index < -0.39 is 27.5 Å². The Morgan fingerprint density at radius 3 is 2.39 bits per heavy atom. The van der Waals surface area contributed by atoms with Crippen LogP contribution in [0, 0.1) is 10.1 Å². The van der Waals surface area contributed by atoms with Crippen molar-refractivity contribution in [1.29, 1.82) is 0 Å². The molecule has 2 N–H and O–H groups in total. The predicted molar refractivity (Wildman–Crippen MR) is 144 cm³/mol. The van der Waals surface area contributed by atoms with Gasteiger partial charge in [0.25, 0.3) is 5.69 Å². The molecule has 0 bridgehead atoms. The number of aliphatic imine (C=N–C) groups is 1. The number of nitro groups is 1. The first kappa shape index (κ1) is 26.4. The Labute approximate surface area is 218 Å². The van der Waals surface area contributed by atoms with Crippen LogP contribution in [0.15, 0.2) is 77.8 Å². The van der Waals surface area contributed by atoms with Gasteiger partial charge in [-0.25, -0.2) is 13.4 Å². The van der Waals surface area contributed by atoms with Crippen molar-refractivity contribution >= 4 is 49.7 Å². The van der Waals surface area contributed by atoms with E-state index >= 15 is 0 Å². The topological polar surface area (TPSA) is 155 Å². The lowest BCUT2D eigenvalue weighted by Crippen LogP contribution is -2.35. The highest BCUT2D eigenvalue weighted by molar-refractivity contribution is 7.92. The SMILES string of the molecule is CCOC(=O)CN(c1ccc(N=C(c2ccccc2)c2c(O)[nH]c3ccc([N+](=O)[O-])cc23)cc1)S(C)(=O)=O. The number of nitro benzene ring substituents is 1. The lowest BCUT2D eigenvalue weighted by Gasteiger charge is -2.21. The number of aromatic amines is 1. The molecule has 0 saturated carbocycles. The molecule has 4 aromatic rings. The zero-order chi connectivity index (χ0) is 27.4. The molecule has 0 saturated heterocycles. The molecule has 0 aliphatic heterocycles. The van der Waals surface area contributed by atoms with E-state index in [1.54, 1.807) is 43.3 Å². The monoisotopic (exact) mass is 536 g/mol. The zero-order valence-electron chi connectivity index (χ0n) is 20.5. The second-order valence-electron chi connectivity index (χ2n) is 8.25. The molecule has 11 nitrogen and oxygen atoms in total. The number of carbonyl (C=O) groups is 1. The molecule has 0 aliphatic carbocycles. The minimum Gasteiger partial charge on any atom is -0.494 e. The number of aromatic hydroxyl groups is 1. The molecule has 3 aromatic carbocycles. The number of hydrogen-bond acceptors (Lipinski definition) is 8. The van der Waals surface area contributed by atoms with Gasteiger partial charge in [0, 0.05) is 28.6 Å². The van der Waals surface area contributed by atoms with Gasteiger partial charge >= 0.3 is 5.97 Å². The minimum absolute atomic E-state index is 0.121. The third-order valence-electron chi connectivity index (χ3n) is 5.61. The molecule has 0 radical (unpaired) electrons. The molecule has 1 aromatic heterocycles. The van der Waals surface area contributed by atoms with Gasteiger partial charge in [0.2, 0.25) is 10.0 Å². The van der Waals surface area contributed by atoms with Gasteiger partial charge in [-0.3, -0.25) is 19.2 Å². The average molecular weight is 537 g/mol. The summed E-state index contributed by atoms with van der Waals surface area (Å²) in [5, 5.41) is 22.6. The van der Waals surface area contributed by atoms with Gasteiger partial charge in [-0.05, 0) is 37.3 Å². The Kier molecular flexibility index (Phi) is 7.44. The number of carbonyl (C=O) groups excluding carboxylic acids is 1. The van der Waals surface area contributed by atoms with Crippen LogP contribution < -0.4 is 4.31 Å². The standard InChI is InChI=1S/C26H24N4O7S/c1-3-37-23(31)16-29(38(2,35)36)19-11-9-18(10-12-19)27-25(17-7-5-4-6-8-17)24-21-15-20(30(33)34)13-14-22(21)28-26(24)32/h4-15,28,32H,3,16H2,1-2H3. The lowest BCUT2D eigenvalue weighted by atomic mass is 10.0. The molecular formula is C26H24N4O7S. The Morgan fingerprint density at radius 2 is 1.79 bits per heavy atom. The van der Waals surface area contributed by atoms with Crippen LogP contribution in [-0.2, 0) is 19.6 Å². The average Bonchev–Trinajstić information content (AvgIpc) is 3.21. The number of sulfonamides is 1.